The minimum atomic E-state index is -3.71. The number of methoxy groups -OCH3 is 1. The molecule has 0 aromatic heterocycles. The topological polar surface area (TPSA) is 66.9 Å². The van der Waals surface area contributed by atoms with Crippen LogP contribution in [-0.2, 0) is 14.8 Å². The summed E-state index contributed by atoms with van der Waals surface area (Å²) in [7, 11) is -2.14. The second-order valence-electron chi connectivity index (χ2n) is 5.79. The maximum Gasteiger partial charge on any atom is 0.245 e. The van der Waals surface area contributed by atoms with E-state index in [0.29, 0.717) is 12.3 Å². The van der Waals surface area contributed by atoms with Gasteiger partial charge in [0, 0.05) is 20.0 Å². The number of nitrogens with zero attached hydrogens (tertiary/aromatic N) is 2. The van der Waals surface area contributed by atoms with E-state index in [0.717, 1.165) is 5.56 Å². The predicted octanol–water partition coefficient (Wildman–Crippen LogP) is 2.25. The molecule has 1 heterocycles. The Hall–Kier alpha value is -2.38. The standard InChI is InChI=1S/C18H20N2O4S/c1-14(21)19-12-13-20(25(22,23)17-6-4-3-5-7-17)18(19)15-8-10-16(24-2)11-9-15/h3-11,18H,12-13H2,1-2H3. The van der Waals surface area contributed by atoms with Gasteiger partial charge < -0.3 is 9.64 Å². The molecule has 0 radical (unpaired) electrons. The lowest BCUT2D eigenvalue weighted by Gasteiger charge is -2.29. The third kappa shape index (κ3) is 3.25. The monoisotopic (exact) mass is 360 g/mol. The molecule has 3 rings (SSSR count). The fourth-order valence-electron chi connectivity index (χ4n) is 3.04. The molecular formula is C18H20N2O4S. The first-order valence-electron chi connectivity index (χ1n) is 7.93. The quantitative estimate of drug-likeness (QED) is 0.839. The van der Waals surface area contributed by atoms with Crippen LogP contribution in [0.25, 0.3) is 0 Å². The maximum absolute atomic E-state index is 13.1. The Labute approximate surface area is 147 Å². The molecule has 1 aliphatic heterocycles. The number of carbonyl (C=O) groups excluding carboxylic acids is 1. The molecule has 6 nitrogen and oxygen atoms in total. The van der Waals surface area contributed by atoms with E-state index in [9.17, 15) is 13.2 Å². The summed E-state index contributed by atoms with van der Waals surface area (Å²) in [5.74, 6) is 0.514. The summed E-state index contributed by atoms with van der Waals surface area (Å²) in [5, 5.41) is 0. The molecule has 0 bridgehead atoms. The third-order valence-electron chi connectivity index (χ3n) is 4.30. The minimum absolute atomic E-state index is 0.161. The number of benzene rings is 2. The van der Waals surface area contributed by atoms with Gasteiger partial charge in [0.25, 0.3) is 0 Å². The SMILES string of the molecule is COc1ccc(C2N(C(C)=O)CCN2S(=O)(=O)c2ccccc2)cc1. The number of hydrogen-bond donors (Lipinski definition) is 0. The molecule has 2 aromatic rings. The molecule has 1 saturated heterocycles. The normalized spacial score (nSPS) is 18.3. The second-order valence-corrected chi connectivity index (χ2v) is 7.68. The van der Waals surface area contributed by atoms with Crippen molar-refractivity contribution in [3.63, 3.8) is 0 Å². The molecule has 2 aromatic carbocycles. The van der Waals surface area contributed by atoms with E-state index < -0.39 is 16.2 Å². The van der Waals surface area contributed by atoms with E-state index in [2.05, 4.69) is 0 Å². The maximum atomic E-state index is 13.1. The van der Waals surface area contributed by atoms with Crippen molar-refractivity contribution < 1.29 is 17.9 Å². The van der Waals surface area contributed by atoms with Gasteiger partial charge in [-0.15, -0.1) is 0 Å². The van der Waals surface area contributed by atoms with Crippen LogP contribution in [0.1, 0.15) is 18.7 Å². The highest BCUT2D eigenvalue weighted by Gasteiger charge is 2.42. The fraction of sp³-hybridized carbons (Fsp3) is 0.278. The zero-order chi connectivity index (χ0) is 18.0. The zero-order valence-electron chi connectivity index (χ0n) is 14.1. The first-order valence-corrected chi connectivity index (χ1v) is 9.37. The predicted molar refractivity (Wildman–Crippen MR) is 93.5 cm³/mol. The molecule has 0 N–H and O–H groups in total. The smallest absolute Gasteiger partial charge is 0.245 e. The van der Waals surface area contributed by atoms with Crippen LogP contribution in [0, 0.1) is 0 Å². The van der Waals surface area contributed by atoms with Gasteiger partial charge in [-0.3, -0.25) is 4.79 Å². The lowest BCUT2D eigenvalue weighted by atomic mass is 10.1. The van der Waals surface area contributed by atoms with E-state index in [1.54, 1.807) is 66.6 Å². The van der Waals surface area contributed by atoms with Crippen LogP contribution < -0.4 is 4.74 Å². The highest BCUT2D eigenvalue weighted by Crippen LogP contribution is 2.35. The molecule has 1 amide bonds. The van der Waals surface area contributed by atoms with Crippen molar-refractivity contribution in [2.24, 2.45) is 0 Å². The molecule has 1 aliphatic rings. The van der Waals surface area contributed by atoms with Gasteiger partial charge in [-0.05, 0) is 29.8 Å². The Morgan fingerprint density at radius 2 is 1.68 bits per heavy atom. The number of hydrogen-bond acceptors (Lipinski definition) is 4. The Bertz CT molecular complexity index is 850. The highest BCUT2D eigenvalue weighted by molar-refractivity contribution is 7.89. The average Bonchev–Trinajstić information content (AvgIpc) is 3.09. The molecule has 1 unspecified atom stereocenters. The van der Waals surface area contributed by atoms with Crippen LogP contribution in [0.5, 0.6) is 5.75 Å². The van der Waals surface area contributed by atoms with Crippen molar-refractivity contribution in [1.82, 2.24) is 9.21 Å². The molecule has 1 atom stereocenters. The number of sulfonamides is 1. The van der Waals surface area contributed by atoms with Crippen molar-refractivity contribution in [3.8, 4) is 5.75 Å². The average molecular weight is 360 g/mol. The summed E-state index contributed by atoms with van der Waals surface area (Å²) in [6.07, 6.45) is -0.659. The number of carbonyl (C=O) groups is 1. The first-order chi connectivity index (χ1) is 11.9. The van der Waals surface area contributed by atoms with Crippen LogP contribution >= 0.6 is 0 Å². The summed E-state index contributed by atoms with van der Waals surface area (Å²) in [6.45, 7) is 2.07. The van der Waals surface area contributed by atoms with Gasteiger partial charge in [0.05, 0.1) is 12.0 Å². The molecule has 0 spiro atoms. The summed E-state index contributed by atoms with van der Waals surface area (Å²) >= 11 is 0. The molecule has 132 valence electrons. The van der Waals surface area contributed by atoms with Crippen LogP contribution in [0.15, 0.2) is 59.5 Å². The van der Waals surface area contributed by atoms with Gasteiger partial charge in [0.1, 0.15) is 11.9 Å². The van der Waals surface area contributed by atoms with E-state index in [-0.39, 0.29) is 17.3 Å². The Morgan fingerprint density at radius 3 is 2.24 bits per heavy atom. The molecule has 0 saturated carbocycles. The molecule has 1 fully saturated rings. The number of amides is 1. The summed E-state index contributed by atoms with van der Waals surface area (Å²) < 4.78 is 32.7. The van der Waals surface area contributed by atoms with E-state index in [4.69, 9.17) is 4.74 Å². The van der Waals surface area contributed by atoms with Crippen LogP contribution in [0.4, 0.5) is 0 Å². The lowest BCUT2D eigenvalue weighted by Crippen LogP contribution is -2.37. The number of rotatable bonds is 4. The first kappa shape index (κ1) is 17.4. The van der Waals surface area contributed by atoms with E-state index in [1.807, 2.05) is 0 Å². The van der Waals surface area contributed by atoms with Gasteiger partial charge in [-0.25, -0.2) is 8.42 Å². The van der Waals surface area contributed by atoms with Gasteiger partial charge >= 0.3 is 0 Å². The Balaban J connectivity index is 2.04. The van der Waals surface area contributed by atoms with E-state index >= 15 is 0 Å². The molecule has 25 heavy (non-hydrogen) atoms. The highest BCUT2D eigenvalue weighted by atomic mass is 32.2. The van der Waals surface area contributed by atoms with Crippen molar-refractivity contribution >= 4 is 15.9 Å². The summed E-state index contributed by atoms with van der Waals surface area (Å²) in [6, 6.07) is 15.4. The second kappa shape index (κ2) is 6.85. The van der Waals surface area contributed by atoms with Gasteiger partial charge in [-0.1, -0.05) is 30.3 Å². The Morgan fingerprint density at radius 1 is 1.04 bits per heavy atom. The minimum Gasteiger partial charge on any atom is -0.497 e. The van der Waals surface area contributed by atoms with Crippen molar-refractivity contribution in [2.75, 3.05) is 20.2 Å². The van der Waals surface area contributed by atoms with Gasteiger partial charge in [0.15, 0.2) is 0 Å². The zero-order valence-corrected chi connectivity index (χ0v) is 14.9. The van der Waals surface area contributed by atoms with E-state index in [1.165, 1.54) is 11.2 Å². The third-order valence-corrected chi connectivity index (χ3v) is 6.17. The fourth-order valence-corrected chi connectivity index (χ4v) is 4.63. The van der Waals surface area contributed by atoms with Crippen molar-refractivity contribution in [1.29, 1.82) is 0 Å². The van der Waals surface area contributed by atoms with Gasteiger partial charge in [-0.2, -0.15) is 4.31 Å². The van der Waals surface area contributed by atoms with Gasteiger partial charge in [0.2, 0.25) is 15.9 Å². The summed E-state index contributed by atoms with van der Waals surface area (Å²) in [4.78, 5) is 13.8. The Kier molecular flexibility index (Phi) is 4.78. The van der Waals surface area contributed by atoms with Crippen LogP contribution in [0.2, 0.25) is 0 Å². The largest absolute Gasteiger partial charge is 0.497 e. The summed E-state index contributed by atoms with van der Waals surface area (Å²) in [5.41, 5.74) is 0.730. The van der Waals surface area contributed by atoms with Crippen LogP contribution in [0.3, 0.4) is 0 Å². The number of ether oxygens (including phenoxy) is 1. The van der Waals surface area contributed by atoms with Crippen molar-refractivity contribution in [2.45, 2.75) is 18.0 Å². The lowest BCUT2D eigenvalue weighted by molar-refractivity contribution is -0.130. The molecular weight excluding hydrogens is 340 g/mol. The molecule has 0 aliphatic carbocycles. The van der Waals surface area contributed by atoms with Crippen molar-refractivity contribution in [3.05, 3.63) is 60.2 Å². The van der Waals surface area contributed by atoms with Crippen LogP contribution in [-0.4, -0.2) is 43.7 Å². The molecule has 7 heteroatoms.